The van der Waals surface area contributed by atoms with E-state index in [1.807, 2.05) is 55.5 Å². The Morgan fingerprint density at radius 2 is 1.78 bits per heavy atom. The van der Waals surface area contributed by atoms with Crippen molar-refractivity contribution >= 4 is 22.6 Å². The van der Waals surface area contributed by atoms with E-state index in [1.54, 1.807) is 25.1 Å². The minimum atomic E-state index is -0.151. The SMILES string of the molecule is C/C(=C\c1coc2ccc(C)cc2c1=O)C(=C(C#N)C#N)c1ccccc1. The van der Waals surface area contributed by atoms with E-state index < -0.39 is 0 Å². The standard InChI is InChI=1S/C23H16N2O2/c1-15-8-9-21-20(10-15)23(26)18(14-27-21)11-16(2)22(19(12-24)13-25)17-6-4-3-5-7-17/h3-11,14H,1-2H3/b16-11+. The van der Waals surface area contributed by atoms with Crippen LogP contribution >= 0.6 is 0 Å². The molecule has 1 heterocycles. The predicted molar refractivity (Wildman–Crippen MR) is 105 cm³/mol. The topological polar surface area (TPSA) is 77.8 Å². The van der Waals surface area contributed by atoms with Crippen molar-refractivity contribution in [1.82, 2.24) is 0 Å². The number of hydrogen-bond donors (Lipinski definition) is 0. The molecule has 0 saturated carbocycles. The molecular formula is C23H16N2O2. The molecule has 130 valence electrons. The number of rotatable bonds is 3. The molecule has 0 bridgehead atoms. The smallest absolute Gasteiger partial charge is 0.199 e. The fourth-order valence-electron chi connectivity index (χ4n) is 2.98. The van der Waals surface area contributed by atoms with Gasteiger partial charge in [-0.15, -0.1) is 0 Å². The van der Waals surface area contributed by atoms with E-state index in [0.717, 1.165) is 11.1 Å². The predicted octanol–water partition coefficient (Wildman–Crippen LogP) is 5.01. The summed E-state index contributed by atoms with van der Waals surface area (Å²) in [6, 6.07) is 18.5. The second kappa shape index (κ2) is 7.56. The molecule has 0 saturated heterocycles. The van der Waals surface area contributed by atoms with Crippen molar-refractivity contribution < 1.29 is 4.42 Å². The molecule has 0 atom stereocenters. The Morgan fingerprint density at radius 3 is 2.44 bits per heavy atom. The van der Waals surface area contributed by atoms with Gasteiger partial charge in [-0.05, 0) is 43.2 Å². The van der Waals surface area contributed by atoms with Crippen LogP contribution in [-0.4, -0.2) is 0 Å². The summed E-state index contributed by atoms with van der Waals surface area (Å²) in [5.41, 5.74) is 3.59. The lowest BCUT2D eigenvalue weighted by atomic mass is 9.93. The molecule has 0 aliphatic rings. The highest BCUT2D eigenvalue weighted by molar-refractivity contribution is 5.90. The lowest BCUT2D eigenvalue weighted by molar-refractivity contribution is 0.601. The van der Waals surface area contributed by atoms with Gasteiger partial charge in [-0.1, -0.05) is 42.0 Å². The lowest BCUT2D eigenvalue weighted by Crippen LogP contribution is -2.05. The minimum absolute atomic E-state index is 0.00373. The minimum Gasteiger partial charge on any atom is -0.463 e. The number of allylic oxidation sites excluding steroid dienone is 3. The molecule has 3 aromatic rings. The van der Waals surface area contributed by atoms with Crippen molar-refractivity contribution in [3.8, 4) is 12.1 Å². The number of aryl methyl sites for hydroxylation is 1. The normalized spacial score (nSPS) is 10.9. The Bertz CT molecular complexity index is 1200. The first-order valence-corrected chi connectivity index (χ1v) is 8.36. The summed E-state index contributed by atoms with van der Waals surface area (Å²) in [7, 11) is 0. The third kappa shape index (κ3) is 3.56. The Labute approximate surface area is 156 Å². The van der Waals surface area contributed by atoms with E-state index in [1.165, 1.54) is 6.26 Å². The Balaban J connectivity index is 2.21. The molecule has 1 aromatic heterocycles. The van der Waals surface area contributed by atoms with Crippen LogP contribution in [0.1, 0.15) is 23.6 Å². The molecule has 27 heavy (non-hydrogen) atoms. The molecule has 4 nitrogen and oxygen atoms in total. The summed E-state index contributed by atoms with van der Waals surface area (Å²) >= 11 is 0. The highest BCUT2D eigenvalue weighted by Crippen LogP contribution is 2.27. The van der Waals surface area contributed by atoms with Gasteiger partial charge in [-0.3, -0.25) is 4.79 Å². The van der Waals surface area contributed by atoms with E-state index in [2.05, 4.69) is 0 Å². The summed E-state index contributed by atoms with van der Waals surface area (Å²) in [5, 5.41) is 19.2. The molecule has 0 spiro atoms. The van der Waals surface area contributed by atoms with Gasteiger partial charge in [0.15, 0.2) is 5.43 Å². The molecule has 0 unspecified atom stereocenters. The van der Waals surface area contributed by atoms with Crippen LogP contribution in [0.15, 0.2) is 75.2 Å². The molecule has 0 aliphatic heterocycles. The van der Waals surface area contributed by atoms with E-state index >= 15 is 0 Å². The van der Waals surface area contributed by atoms with Crippen molar-refractivity contribution in [2.45, 2.75) is 13.8 Å². The average molecular weight is 352 g/mol. The van der Waals surface area contributed by atoms with Crippen LogP contribution < -0.4 is 5.43 Å². The van der Waals surface area contributed by atoms with Gasteiger partial charge in [0.05, 0.1) is 10.9 Å². The van der Waals surface area contributed by atoms with Crippen LogP contribution in [0.3, 0.4) is 0 Å². The largest absolute Gasteiger partial charge is 0.463 e. The molecule has 3 rings (SSSR count). The van der Waals surface area contributed by atoms with Gasteiger partial charge in [-0.25, -0.2) is 0 Å². The van der Waals surface area contributed by atoms with Crippen LogP contribution in [0.5, 0.6) is 0 Å². The van der Waals surface area contributed by atoms with Crippen molar-refractivity contribution in [2.75, 3.05) is 0 Å². The number of fused-ring (bicyclic) bond motifs is 1. The van der Waals surface area contributed by atoms with Crippen molar-refractivity contribution in [3.63, 3.8) is 0 Å². The van der Waals surface area contributed by atoms with Gasteiger partial charge in [-0.2, -0.15) is 10.5 Å². The highest BCUT2D eigenvalue weighted by Gasteiger charge is 2.13. The molecule has 0 amide bonds. The zero-order valence-electron chi connectivity index (χ0n) is 15.0. The van der Waals surface area contributed by atoms with Gasteiger partial charge in [0.1, 0.15) is 29.6 Å². The molecule has 0 aliphatic carbocycles. The van der Waals surface area contributed by atoms with E-state index in [4.69, 9.17) is 4.42 Å². The van der Waals surface area contributed by atoms with Gasteiger partial charge >= 0.3 is 0 Å². The second-order valence-electron chi connectivity index (χ2n) is 6.19. The molecular weight excluding hydrogens is 336 g/mol. The third-order valence-electron chi connectivity index (χ3n) is 4.26. The summed E-state index contributed by atoms with van der Waals surface area (Å²) in [6.45, 7) is 3.69. The van der Waals surface area contributed by atoms with Gasteiger partial charge in [0.2, 0.25) is 0 Å². The molecule has 0 fully saturated rings. The molecule has 0 radical (unpaired) electrons. The summed E-state index contributed by atoms with van der Waals surface area (Å²) in [5.74, 6) is 0. The highest BCUT2D eigenvalue weighted by atomic mass is 16.3. The summed E-state index contributed by atoms with van der Waals surface area (Å²) in [4.78, 5) is 12.8. The average Bonchev–Trinajstić information content (AvgIpc) is 2.69. The van der Waals surface area contributed by atoms with Crippen molar-refractivity contribution in [1.29, 1.82) is 10.5 Å². The zero-order chi connectivity index (χ0) is 19.4. The number of nitrogens with zero attached hydrogens (tertiary/aromatic N) is 2. The Morgan fingerprint density at radius 1 is 1.07 bits per heavy atom. The Kier molecular flexibility index (Phi) is 5.01. The van der Waals surface area contributed by atoms with E-state index in [0.29, 0.717) is 27.7 Å². The number of hydrogen-bond acceptors (Lipinski definition) is 4. The number of nitriles is 2. The maximum Gasteiger partial charge on any atom is 0.199 e. The van der Waals surface area contributed by atoms with Crippen molar-refractivity contribution in [2.24, 2.45) is 0 Å². The molecule has 2 aromatic carbocycles. The van der Waals surface area contributed by atoms with Crippen LogP contribution in [0.4, 0.5) is 0 Å². The van der Waals surface area contributed by atoms with Crippen molar-refractivity contribution in [3.05, 3.63) is 92.9 Å². The third-order valence-corrected chi connectivity index (χ3v) is 4.26. The zero-order valence-corrected chi connectivity index (χ0v) is 15.0. The fourth-order valence-corrected chi connectivity index (χ4v) is 2.98. The van der Waals surface area contributed by atoms with Crippen LogP contribution in [0.2, 0.25) is 0 Å². The van der Waals surface area contributed by atoms with Gasteiger partial charge in [0.25, 0.3) is 0 Å². The first-order valence-electron chi connectivity index (χ1n) is 8.36. The molecule has 4 heteroatoms. The van der Waals surface area contributed by atoms with E-state index in [-0.39, 0.29) is 11.0 Å². The monoisotopic (exact) mass is 352 g/mol. The van der Waals surface area contributed by atoms with Crippen LogP contribution in [0, 0.1) is 29.6 Å². The van der Waals surface area contributed by atoms with Crippen LogP contribution in [0.25, 0.3) is 22.6 Å². The second-order valence-corrected chi connectivity index (χ2v) is 6.19. The van der Waals surface area contributed by atoms with Gasteiger partial charge < -0.3 is 4.42 Å². The first-order chi connectivity index (χ1) is 13.0. The van der Waals surface area contributed by atoms with E-state index in [9.17, 15) is 15.3 Å². The fraction of sp³-hybridized carbons (Fsp3) is 0.0870. The molecule has 0 N–H and O–H groups in total. The quantitative estimate of drug-likeness (QED) is 0.490. The van der Waals surface area contributed by atoms with Gasteiger partial charge in [0, 0.05) is 5.57 Å². The summed E-state index contributed by atoms with van der Waals surface area (Å²) in [6.07, 6.45) is 3.06. The first kappa shape index (κ1) is 17.9. The maximum absolute atomic E-state index is 12.8. The number of benzene rings is 2. The lowest BCUT2D eigenvalue weighted by Gasteiger charge is -2.09. The maximum atomic E-state index is 12.8. The summed E-state index contributed by atoms with van der Waals surface area (Å²) < 4.78 is 5.59. The Hall–Kier alpha value is -3.89. The van der Waals surface area contributed by atoms with Crippen LogP contribution in [-0.2, 0) is 0 Å².